The third-order valence-corrected chi connectivity index (χ3v) is 4.77. The van der Waals surface area contributed by atoms with Crippen molar-refractivity contribution in [3.63, 3.8) is 0 Å². The van der Waals surface area contributed by atoms with E-state index in [0.29, 0.717) is 22.5 Å². The van der Waals surface area contributed by atoms with Crippen LogP contribution in [0, 0.1) is 29.5 Å². The molecule has 1 unspecified atom stereocenters. The minimum absolute atomic E-state index is 0.00853. The van der Waals surface area contributed by atoms with E-state index in [-0.39, 0.29) is 17.8 Å². The monoisotopic (exact) mass is 366 g/mol. The highest BCUT2D eigenvalue weighted by atomic mass is 19.1. The first-order valence-corrected chi connectivity index (χ1v) is 8.41. The van der Waals surface area contributed by atoms with Gasteiger partial charge in [0.1, 0.15) is 17.5 Å². The SMILES string of the molecule is COC1(c2ncc(F)cc2-c2cnnc(C)c2)C=C(C#N)C(=O)C(C)(C)C1. The number of carbonyl (C=O) groups is 1. The zero-order valence-electron chi connectivity index (χ0n) is 15.6. The van der Waals surface area contributed by atoms with Crippen molar-refractivity contribution in [2.24, 2.45) is 5.41 Å². The highest BCUT2D eigenvalue weighted by Crippen LogP contribution is 2.47. The lowest BCUT2D eigenvalue weighted by molar-refractivity contribution is -0.128. The second kappa shape index (κ2) is 6.63. The van der Waals surface area contributed by atoms with E-state index in [0.717, 1.165) is 6.20 Å². The Morgan fingerprint density at radius 3 is 2.67 bits per heavy atom. The summed E-state index contributed by atoms with van der Waals surface area (Å²) in [6.45, 7) is 5.30. The summed E-state index contributed by atoms with van der Waals surface area (Å²) in [4.78, 5) is 16.8. The normalized spacial score (nSPS) is 21.5. The molecule has 0 bridgehead atoms. The molecular weight excluding hydrogens is 347 g/mol. The highest BCUT2D eigenvalue weighted by molar-refractivity contribution is 6.04. The largest absolute Gasteiger partial charge is 0.368 e. The minimum atomic E-state index is -1.15. The first-order valence-electron chi connectivity index (χ1n) is 8.41. The van der Waals surface area contributed by atoms with E-state index in [1.54, 1.807) is 26.8 Å². The van der Waals surface area contributed by atoms with Gasteiger partial charge in [-0.2, -0.15) is 15.5 Å². The van der Waals surface area contributed by atoms with Gasteiger partial charge in [-0.1, -0.05) is 13.8 Å². The van der Waals surface area contributed by atoms with Crippen LogP contribution in [0.5, 0.6) is 0 Å². The molecule has 0 fully saturated rings. The van der Waals surface area contributed by atoms with Gasteiger partial charge in [-0.3, -0.25) is 9.78 Å². The van der Waals surface area contributed by atoms with Crippen LogP contribution in [0.4, 0.5) is 4.39 Å². The standard InChI is InChI=1S/C20H19FN4O2/c1-12-5-13(9-24-25-12)16-6-15(21)10-23-17(16)20(27-4)7-14(8-22)18(26)19(2,3)11-20/h5-7,9-10H,11H2,1-4H3. The molecule has 1 aliphatic carbocycles. The van der Waals surface area contributed by atoms with E-state index < -0.39 is 16.8 Å². The van der Waals surface area contributed by atoms with Crippen molar-refractivity contribution < 1.29 is 13.9 Å². The second-order valence-corrected chi connectivity index (χ2v) is 7.29. The van der Waals surface area contributed by atoms with Crippen LogP contribution in [-0.2, 0) is 15.1 Å². The maximum Gasteiger partial charge on any atom is 0.178 e. The van der Waals surface area contributed by atoms with E-state index in [2.05, 4.69) is 15.2 Å². The minimum Gasteiger partial charge on any atom is -0.368 e. The molecule has 0 saturated heterocycles. The van der Waals surface area contributed by atoms with Gasteiger partial charge in [0.15, 0.2) is 5.78 Å². The van der Waals surface area contributed by atoms with Gasteiger partial charge < -0.3 is 4.74 Å². The van der Waals surface area contributed by atoms with Gasteiger partial charge in [-0.25, -0.2) is 4.39 Å². The van der Waals surface area contributed by atoms with Crippen molar-refractivity contribution >= 4 is 5.78 Å². The van der Waals surface area contributed by atoms with Crippen LogP contribution >= 0.6 is 0 Å². The second-order valence-electron chi connectivity index (χ2n) is 7.29. The zero-order valence-corrected chi connectivity index (χ0v) is 15.6. The number of hydrogen-bond acceptors (Lipinski definition) is 6. The first kappa shape index (κ1) is 18.8. The van der Waals surface area contributed by atoms with Crippen molar-refractivity contribution in [3.05, 3.63) is 53.4 Å². The number of aromatic nitrogens is 3. The summed E-state index contributed by atoms with van der Waals surface area (Å²) in [5, 5.41) is 17.3. The molecule has 138 valence electrons. The van der Waals surface area contributed by atoms with Crippen LogP contribution in [0.2, 0.25) is 0 Å². The number of ketones is 1. The number of ether oxygens (including phenoxy) is 1. The van der Waals surface area contributed by atoms with E-state index in [4.69, 9.17) is 4.74 Å². The van der Waals surface area contributed by atoms with Crippen LogP contribution < -0.4 is 0 Å². The fourth-order valence-corrected chi connectivity index (χ4v) is 3.53. The Morgan fingerprint density at radius 1 is 1.30 bits per heavy atom. The molecule has 2 heterocycles. The number of carbonyl (C=O) groups excluding carboxylic acids is 1. The molecule has 0 aliphatic heterocycles. The molecule has 1 aliphatic rings. The quantitative estimate of drug-likeness (QED) is 0.828. The number of methoxy groups -OCH3 is 1. The van der Waals surface area contributed by atoms with Gasteiger partial charge in [0.25, 0.3) is 0 Å². The number of Topliss-reactive ketones (excluding diaryl/α,β-unsaturated/α-hetero) is 1. The number of aryl methyl sites for hydroxylation is 1. The molecule has 6 nitrogen and oxygen atoms in total. The molecule has 0 spiro atoms. The predicted octanol–water partition coefficient (Wildman–Crippen LogP) is 3.28. The molecular formula is C20H19FN4O2. The van der Waals surface area contributed by atoms with Crippen LogP contribution in [0.3, 0.4) is 0 Å². The molecule has 3 rings (SSSR count). The molecule has 0 radical (unpaired) electrons. The van der Waals surface area contributed by atoms with Crippen molar-refractivity contribution in [1.82, 2.24) is 15.2 Å². The molecule has 0 N–H and O–H groups in total. The average Bonchev–Trinajstić information content (AvgIpc) is 2.64. The van der Waals surface area contributed by atoms with Crippen molar-refractivity contribution in [1.29, 1.82) is 5.26 Å². The van der Waals surface area contributed by atoms with Gasteiger partial charge in [0.05, 0.1) is 29.4 Å². The van der Waals surface area contributed by atoms with Gasteiger partial charge in [-0.05, 0) is 31.6 Å². The van der Waals surface area contributed by atoms with Gasteiger partial charge >= 0.3 is 0 Å². The summed E-state index contributed by atoms with van der Waals surface area (Å²) in [6.07, 6.45) is 4.38. The van der Waals surface area contributed by atoms with E-state index in [1.807, 2.05) is 6.07 Å². The molecule has 7 heteroatoms. The number of rotatable bonds is 3. The smallest absolute Gasteiger partial charge is 0.178 e. The van der Waals surface area contributed by atoms with Crippen LogP contribution in [0.1, 0.15) is 31.7 Å². The number of hydrogen-bond donors (Lipinski definition) is 0. The van der Waals surface area contributed by atoms with E-state index >= 15 is 0 Å². The fraction of sp³-hybridized carbons (Fsp3) is 0.350. The number of halogens is 1. The number of nitriles is 1. The van der Waals surface area contributed by atoms with Crippen LogP contribution in [0.25, 0.3) is 11.1 Å². The summed E-state index contributed by atoms with van der Waals surface area (Å²) in [5.41, 5.74) is 0.220. The summed E-state index contributed by atoms with van der Waals surface area (Å²) in [6, 6.07) is 5.07. The Morgan fingerprint density at radius 2 is 2.04 bits per heavy atom. The maximum atomic E-state index is 14.0. The van der Waals surface area contributed by atoms with Crippen LogP contribution in [-0.4, -0.2) is 28.1 Å². The first-order chi connectivity index (χ1) is 12.7. The van der Waals surface area contributed by atoms with Crippen molar-refractivity contribution in [2.45, 2.75) is 32.8 Å². The maximum absolute atomic E-state index is 14.0. The molecule has 0 amide bonds. The summed E-state index contributed by atoms with van der Waals surface area (Å²) >= 11 is 0. The predicted molar refractivity (Wildman–Crippen MR) is 95.7 cm³/mol. The van der Waals surface area contributed by atoms with Crippen molar-refractivity contribution in [3.8, 4) is 17.2 Å². The third kappa shape index (κ3) is 3.24. The molecule has 2 aromatic heterocycles. The fourth-order valence-electron chi connectivity index (χ4n) is 3.53. The molecule has 0 saturated carbocycles. The lowest BCUT2D eigenvalue weighted by Crippen LogP contribution is -2.43. The lowest BCUT2D eigenvalue weighted by Gasteiger charge is -2.40. The number of pyridine rings is 1. The average molecular weight is 366 g/mol. The van der Waals surface area contributed by atoms with Gasteiger partial charge in [0.2, 0.25) is 0 Å². The Balaban J connectivity index is 2.30. The molecule has 0 aromatic carbocycles. The zero-order chi connectivity index (χ0) is 19.8. The summed E-state index contributed by atoms with van der Waals surface area (Å²) in [7, 11) is 1.49. The molecule has 1 atom stereocenters. The van der Waals surface area contributed by atoms with Crippen molar-refractivity contribution in [2.75, 3.05) is 7.11 Å². The van der Waals surface area contributed by atoms with E-state index in [1.165, 1.54) is 25.4 Å². The molecule has 2 aromatic rings. The Bertz CT molecular complexity index is 994. The summed E-state index contributed by atoms with van der Waals surface area (Å²) < 4.78 is 19.8. The Kier molecular flexibility index (Phi) is 4.62. The number of nitrogens with zero attached hydrogens (tertiary/aromatic N) is 4. The third-order valence-electron chi connectivity index (χ3n) is 4.77. The van der Waals surface area contributed by atoms with Gasteiger partial charge in [-0.15, -0.1) is 0 Å². The highest BCUT2D eigenvalue weighted by Gasteiger charge is 2.48. The van der Waals surface area contributed by atoms with E-state index in [9.17, 15) is 14.4 Å². The summed E-state index contributed by atoms with van der Waals surface area (Å²) in [5.74, 6) is -0.757. The Hall–Kier alpha value is -2.98. The van der Waals surface area contributed by atoms with Crippen LogP contribution in [0.15, 0.2) is 36.2 Å². The van der Waals surface area contributed by atoms with Gasteiger partial charge in [0, 0.05) is 23.7 Å². The Labute approximate surface area is 156 Å². The molecule has 27 heavy (non-hydrogen) atoms. The lowest BCUT2D eigenvalue weighted by atomic mass is 9.68. The number of allylic oxidation sites excluding steroid dienone is 1. The topological polar surface area (TPSA) is 88.8 Å².